The molecule has 0 unspecified atom stereocenters. The van der Waals surface area contributed by atoms with Crippen molar-refractivity contribution in [2.75, 3.05) is 11.9 Å². The van der Waals surface area contributed by atoms with Crippen molar-refractivity contribution in [2.24, 2.45) is 0 Å². The highest BCUT2D eigenvalue weighted by atomic mass is 32.2. The summed E-state index contributed by atoms with van der Waals surface area (Å²) in [6.45, 7) is 4.35. The lowest BCUT2D eigenvalue weighted by Crippen LogP contribution is -2.04. The Bertz CT molecular complexity index is 602. The van der Waals surface area contributed by atoms with Crippen molar-refractivity contribution >= 4 is 34.7 Å². The van der Waals surface area contributed by atoms with Crippen LogP contribution in [0.15, 0.2) is 15.6 Å². The second kappa shape index (κ2) is 5.89. The minimum Gasteiger partial charge on any atom is -0.354 e. The van der Waals surface area contributed by atoms with Crippen molar-refractivity contribution in [1.82, 2.24) is 20.2 Å². The maximum absolute atomic E-state index is 10.9. The van der Waals surface area contributed by atoms with Gasteiger partial charge in [0, 0.05) is 6.54 Å². The van der Waals surface area contributed by atoms with Crippen molar-refractivity contribution in [3.05, 3.63) is 21.3 Å². The molecule has 8 nitrogen and oxygen atoms in total. The minimum absolute atomic E-state index is 0.139. The molecule has 100 valence electrons. The molecule has 0 atom stereocenters. The topological polar surface area (TPSA) is 107 Å². The molecule has 0 saturated heterocycles. The quantitative estimate of drug-likeness (QED) is 0.508. The molecule has 0 fully saturated rings. The largest absolute Gasteiger partial charge is 0.354 e. The first-order valence-corrected chi connectivity index (χ1v) is 6.96. The lowest BCUT2D eigenvalue weighted by atomic mass is 10.5. The summed E-state index contributed by atoms with van der Waals surface area (Å²) in [4.78, 5) is 18.5. The molecule has 2 rings (SSSR count). The van der Waals surface area contributed by atoms with E-state index in [2.05, 4.69) is 25.5 Å². The van der Waals surface area contributed by atoms with Crippen molar-refractivity contribution in [3.63, 3.8) is 0 Å². The van der Waals surface area contributed by atoms with Gasteiger partial charge in [0.25, 0.3) is 0 Å². The fourth-order valence-corrected chi connectivity index (χ4v) is 3.00. The van der Waals surface area contributed by atoms with E-state index < -0.39 is 4.92 Å². The summed E-state index contributed by atoms with van der Waals surface area (Å²) in [6.07, 6.45) is 1.20. The number of rotatable bonds is 5. The Labute approximate surface area is 116 Å². The van der Waals surface area contributed by atoms with Crippen LogP contribution in [-0.2, 0) is 0 Å². The highest BCUT2D eigenvalue weighted by Crippen LogP contribution is 2.34. The summed E-state index contributed by atoms with van der Waals surface area (Å²) in [5.74, 6) is 0.358. The molecule has 1 N–H and O–H groups in total. The van der Waals surface area contributed by atoms with Gasteiger partial charge in [-0.2, -0.15) is 4.98 Å². The average Bonchev–Trinajstić information content (AvgIpc) is 2.75. The van der Waals surface area contributed by atoms with Crippen LogP contribution in [0, 0.1) is 17.0 Å². The zero-order valence-electron chi connectivity index (χ0n) is 10.2. The molecule has 2 aromatic heterocycles. The molecule has 0 saturated carbocycles. The van der Waals surface area contributed by atoms with Gasteiger partial charge in [-0.1, -0.05) is 11.3 Å². The van der Waals surface area contributed by atoms with Gasteiger partial charge >= 0.3 is 5.69 Å². The molecule has 0 radical (unpaired) electrons. The highest BCUT2D eigenvalue weighted by Gasteiger charge is 2.19. The highest BCUT2D eigenvalue weighted by molar-refractivity contribution is 8.01. The third-order valence-electron chi connectivity index (χ3n) is 1.96. The predicted molar refractivity (Wildman–Crippen MR) is 71.6 cm³/mol. The van der Waals surface area contributed by atoms with E-state index in [4.69, 9.17) is 0 Å². The van der Waals surface area contributed by atoms with Crippen LogP contribution in [-0.4, -0.2) is 31.6 Å². The molecule has 0 spiro atoms. The number of hydrogen-bond acceptors (Lipinski definition) is 9. The molecule has 2 heterocycles. The van der Waals surface area contributed by atoms with Gasteiger partial charge in [0.15, 0.2) is 9.37 Å². The number of nitrogens with one attached hydrogen (secondary N) is 1. The number of hydrogen-bond donors (Lipinski definition) is 1. The van der Waals surface area contributed by atoms with E-state index in [0.29, 0.717) is 16.8 Å². The van der Waals surface area contributed by atoms with Gasteiger partial charge < -0.3 is 5.32 Å². The molecule has 10 heteroatoms. The third kappa shape index (κ3) is 3.35. The van der Waals surface area contributed by atoms with Gasteiger partial charge in [-0.25, -0.2) is 4.98 Å². The maximum Gasteiger partial charge on any atom is 0.320 e. The van der Waals surface area contributed by atoms with E-state index in [1.807, 2.05) is 13.8 Å². The Balaban J connectivity index is 2.34. The van der Waals surface area contributed by atoms with Gasteiger partial charge in [0.05, 0.1) is 4.92 Å². The Morgan fingerprint density at radius 3 is 2.89 bits per heavy atom. The van der Waals surface area contributed by atoms with Crippen LogP contribution in [0.1, 0.15) is 11.9 Å². The lowest BCUT2D eigenvalue weighted by molar-refractivity contribution is -0.388. The number of nitro groups is 1. The fourth-order valence-electron chi connectivity index (χ4n) is 1.21. The van der Waals surface area contributed by atoms with Gasteiger partial charge in [-0.15, -0.1) is 10.2 Å². The first-order chi connectivity index (χ1) is 9.10. The van der Waals surface area contributed by atoms with Crippen molar-refractivity contribution < 1.29 is 4.92 Å². The molecule has 0 aliphatic carbocycles. The smallest absolute Gasteiger partial charge is 0.320 e. The third-order valence-corrected chi connectivity index (χ3v) is 3.84. The molecule has 19 heavy (non-hydrogen) atoms. The summed E-state index contributed by atoms with van der Waals surface area (Å²) in [5.41, 5.74) is -0.139. The Hall–Kier alpha value is -1.81. The van der Waals surface area contributed by atoms with Crippen LogP contribution in [0.5, 0.6) is 0 Å². The van der Waals surface area contributed by atoms with E-state index in [-0.39, 0.29) is 10.7 Å². The lowest BCUT2D eigenvalue weighted by Gasteiger charge is -2.03. The van der Waals surface area contributed by atoms with Crippen molar-refractivity contribution in [1.29, 1.82) is 0 Å². The SMILES string of the molecule is CCNc1ncc([N+](=O)[O-])c(Sc2nnc(C)s2)n1. The van der Waals surface area contributed by atoms with Crippen molar-refractivity contribution in [3.8, 4) is 0 Å². The second-order valence-electron chi connectivity index (χ2n) is 3.36. The van der Waals surface area contributed by atoms with Crippen molar-refractivity contribution in [2.45, 2.75) is 23.2 Å². The fraction of sp³-hybridized carbons (Fsp3) is 0.333. The maximum atomic E-state index is 10.9. The number of aromatic nitrogens is 4. The van der Waals surface area contributed by atoms with E-state index in [1.165, 1.54) is 17.5 Å². The molecular weight excluding hydrogens is 288 g/mol. The van der Waals surface area contributed by atoms with E-state index in [0.717, 1.165) is 16.8 Å². The van der Waals surface area contributed by atoms with Gasteiger partial charge in [-0.3, -0.25) is 10.1 Å². The van der Waals surface area contributed by atoms with Crippen LogP contribution in [0.3, 0.4) is 0 Å². The Morgan fingerprint density at radius 1 is 1.53 bits per heavy atom. The predicted octanol–water partition coefficient (Wildman–Crippen LogP) is 2.13. The summed E-state index contributed by atoms with van der Waals surface area (Å²) in [7, 11) is 0. The number of nitrogens with zero attached hydrogens (tertiary/aromatic N) is 5. The van der Waals surface area contributed by atoms with E-state index >= 15 is 0 Å². The normalized spacial score (nSPS) is 10.4. The molecule has 0 amide bonds. The average molecular weight is 298 g/mol. The summed E-state index contributed by atoms with van der Waals surface area (Å²) in [6, 6.07) is 0. The molecule has 0 aromatic carbocycles. The molecule has 0 aliphatic heterocycles. The first kappa shape index (κ1) is 13.6. The summed E-state index contributed by atoms with van der Waals surface area (Å²) >= 11 is 2.48. The summed E-state index contributed by atoms with van der Waals surface area (Å²) < 4.78 is 0.613. The van der Waals surface area contributed by atoms with E-state index in [9.17, 15) is 10.1 Å². The first-order valence-electron chi connectivity index (χ1n) is 5.33. The number of anilines is 1. The van der Waals surface area contributed by atoms with Crippen LogP contribution >= 0.6 is 23.1 Å². The van der Waals surface area contributed by atoms with Crippen LogP contribution in [0.4, 0.5) is 11.6 Å². The standard InChI is InChI=1S/C9H10N6O2S2/c1-3-10-8-11-4-6(15(16)17)7(12-8)19-9-14-13-5(2)18-9/h4H,3H2,1-2H3,(H,10,11,12). The van der Waals surface area contributed by atoms with Gasteiger partial charge in [0.1, 0.15) is 11.2 Å². The van der Waals surface area contributed by atoms with Gasteiger partial charge in [0.2, 0.25) is 5.95 Å². The zero-order chi connectivity index (χ0) is 13.8. The summed E-state index contributed by atoms with van der Waals surface area (Å²) in [5, 5.41) is 22.7. The van der Waals surface area contributed by atoms with Gasteiger partial charge in [-0.05, 0) is 25.6 Å². The van der Waals surface area contributed by atoms with Crippen LogP contribution < -0.4 is 5.32 Å². The monoisotopic (exact) mass is 298 g/mol. The second-order valence-corrected chi connectivity index (χ2v) is 5.78. The minimum atomic E-state index is -0.508. The zero-order valence-corrected chi connectivity index (χ0v) is 11.8. The van der Waals surface area contributed by atoms with E-state index in [1.54, 1.807) is 0 Å². The van der Waals surface area contributed by atoms with Crippen LogP contribution in [0.2, 0.25) is 0 Å². The molecular formula is C9H10N6O2S2. The van der Waals surface area contributed by atoms with Crippen LogP contribution in [0.25, 0.3) is 0 Å². The molecule has 0 bridgehead atoms. The Morgan fingerprint density at radius 2 is 2.32 bits per heavy atom. The molecule has 0 aliphatic rings. The number of aryl methyl sites for hydroxylation is 1. The molecule has 2 aromatic rings. The Kier molecular flexibility index (Phi) is 4.22.